The second kappa shape index (κ2) is 8.83. The van der Waals surface area contributed by atoms with Crippen LogP contribution in [0.2, 0.25) is 0 Å². The summed E-state index contributed by atoms with van der Waals surface area (Å²) in [4.78, 5) is 0. The first-order valence-electron chi connectivity index (χ1n) is 5.51. The van der Waals surface area contributed by atoms with Gasteiger partial charge in [-0.1, -0.05) is 45.2 Å². The number of rotatable bonds is 8. The summed E-state index contributed by atoms with van der Waals surface area (Å²) < 4.78 is 5.55. The van der Waals surface area contributed by atoms with Gasteiger partial charge in [0.25, 0.3) is 0 Å². The molecule has 1 unspecified atom stereocenters. The van der Waals surface area contributed by atoms with E-state index in [1.165, 1.54) is 12.8 Å². The Hall–Kier alpha value is 0.250. The van der Waals surface area contributed by atoms with Crippen molar-refractivity contribution < 1.29 is 4.74 Å². The van der Waals surface area contributed by atoms with Gasteiger partial charge in [0.15, 0.2) is 0 Å². The van der Waals surface area contributed by atoms with Crippen LogP contribution in [0.1, 0.15) is 52.9 Å². The van der Waals surface area contributed by atoms with E-state index in [9.17, 15) is 0 Å². The van der Waals surface area contributed by atoms with Gasteiger partial charge in [-0.15, -0.1) is 0 Å². The molecule has 1 nitrogen and oxygen atoms in total. The predicted molar refractivity (Wildman–Crippen MR) is 59.2 cm³/mol. The van der Waals surface area contributed by atoms with E-state index in [1.54, 1.807) is 0 Å². The van der Waals surface area contributed by atoms with E-state index in [4.69, 9.17) is 16.3 Å². The molecular formula is C11H23ClO. The van der Waals surface area contributed by atoms with Crippen molar-refractivity contribution >= 4 is 11.6 Å². The van der Waals surface area contributed by atoms with E-state index in [1.807, 2.05) is 0 Å². The van der Waals surface area contributed by atoms with Crippen molar-refractivity contribution in [3.05, 3.63) is 0 Å². The van der Waals surface area contributed by atoms with E-state index in [-0.39, 0.29) is 5.56 Å². The molecule has 0 aliphatic carbocycles. The van der Waals surface area contributed by atoms with Crippen LogP contribution in [-0.2, 0) is 4.74 Å². The molecule has 0 rings (SSSR count). The number of alkyl halides is 1. The number of hydrogen-bond donors (Lipinski definition) is 0. The zero-order valence-corrected chi connectivity index (χ0v) is 9.94. The van der Waals surface area contributed by atoms with Crippen LogP contribution in [0.25, 0.3) is 0 Å². The van der Waals surface area contributed by atoms with Crippen molar-refractivity contribution in [3.63, 3.8) is 0 Å². The van der Waals surface area contributed by atoms with Gasteiger partial charge in [0.1, 0.15) is 5.56 Å². The van der Waals surface area contributed by atoms with E-state index >= 15 is 0 Å². The molecule has 0 heterocycles. The van der Waals surface area contributed by atoms with Gasteiger partial charge in [-0.05, 0) is 25.2 Å². The molecule has 0 aromatic heterocycles. The van der Waals surface area contributed by atoms with Crippen LogP contribution in [0.3, 0.4) is 0 Å². The summed E-state index contributed by atoms with van der Waals surface area (Å²) in [6.45, 7) is 7.34. The van der Waals surface area contributed by atoms with E-state index in [0.29, 0.717) is 5.92 Å². The molecular weight excluding hydrogens is 184 g/mol. The second-order valence-electron chi connectivity index (χ2n) is 3.51. The monoisotopic (exact) mass is 206 g/mol. The van der Waals surface area contributed by atoms with E-state index in [0.717, 1.165) is 25.9 Å². The van der Waals surface area contributed by atoms with Crippen LogP contribution in [0, 0.1) is 5.92 Å². The molecule has 13 heavy (non-hydrogen) atoms. The molecule has 1 atom stereocenters. The van der Waals surface area contributed by atoms with Crippen LogP contribution in [0.15, 0.2) is 0 Å². The Bertz CT molecular complexity index is 102. The fourth-order valence-corrected chi connectivity index (χ4v) is 1.79. The van der Waals surface area contributed by atoms with Gasteiger partial charge in [-0.3, -0.25) is 0 Å². The lowest BCUT2D eigenvalue weighted by Gasteiger charge is -2.19. The lowest BCUT2D eigenvalue weighted by atomic mass is 10.1. The van der Waals surface area contributed by atoms with Crippen LogP contribution in [-0.4, -0.2) is 12.2 Å². The summed E-state index contributed by atoms with van der Waals surface area (Å²) in [6.07, 6.45) is 5.84. The van der Waals surface area contributed by atoms with Crippen molar-refractivity contribution in [2.24, 2.45) is 5.92 Å². The SMILES string of the molecule is CCCCCOC(Cl)C(CC)CC. The molecule has 0 amide bonds. The molecule has 0 aliphatic heterocycles. The molecule has 0 saturated heterocycles. The number of hydrogen-bond acceptors (Lipinski definition) is 1. The molecule has 0 spiro atoms. The minimum Gasteiger partial charge on any atom is -0.362 e. The Morgan fingerprint density at radius 3 is 2.15 bits per heavy atom. The molecule has 2 heteroatoms. The molecule has 80 valence electrons. The standard InChI is InChI=1S/C11H23ClO/c1-4-7-8-9-13-11(12)10(5-2)6-3/h10-11H,4-9H2,1-3H3. The van der Waals surface area contributed by atoms with Gasteiger partial charge >= 0.3 is 0 Å². The smallest absolute Gasteiger partial charge is 0.133 e. The third-order valence-corrected chi connectivity index (χ3v) is 2.93. The normalized spacial score (nSPS) is 13.6. The number of halogens is 1. The van der Waals surface area contributed by atoms with E-state index in [2.05, 4.69) is 20.8 Å². The molecule has 0 N–H and O–H groups in total. The minimum absolute atomic E-state index is 0.0770. The third kappa shape index (κ3) is 6.34. The number of ether oxygens (including phenoxy) is 1. The van der Waals surface area contributed by atoms with Gasteiger partial charge in [-0.25, -0.2) is 0 Å². The maximum atomic E-state index is 6.10. The summed E-state index contributed by atoms with van der Waals surface area (Å²) in [6, 6.07) is 0. The van der Waals surface area contributed by atoms with Gasteiger partial charge in [0.2, 0.25) is 0 Å². The zero-order valence-electron chi connectivity index (χ0n) is 9.18. The molecule has 0 fully saturated rings. The first-order chi connectivity index (χ1) is 6.26. The zero-order chi connectivity index (χ0) is 10.1. The van der Waals surface area contributed by atoms with Crippen molar-refractivity contribution in [2.75, 3.05) is 6.61 Å². The van der Waals surface area contributed by atoms with Crippen molar-refractivity contribution in [2.45, 2.75) is 58.4 Å². The molecule has 0 aliphatic rings. The largest absolute Gasteiger partial charge is 0.362 e. The van der Waals surface area contributed by atoms with Crippen molar-refractivity contribution in [1.82, 2.24) is 0 Å². The summed E-state index contributed by atoms with van der Waals surface area (Å²) in [7, 11) is 0. The summed E-state index contributed by atoms with van der Waals surface area (Å²) in [5.74, 6) is 0.517. The van der Waals surface area contributed by atoms with Crippen molar-refractivity contribution in [3.8, 4) is 0 Å². The van der Waals surface area contributed by atoms with Crippen LogP contribution >= 0.6 is 11.6 Å². The Balaban J connectivity index is 3.42. The Kier molecular flexibility index (Phi) is 9.00. The molecule has 0 radical (unpaired) electrons. The highest BCUT2D eigenvalue weighted by Crippen LogP contribution is 2.19. The maximum Gasteiger partial charge on any atom is 0.133 e. The maximum absolute atomic E-state index is 6.10. The average Bonchev–Trinajstić information content (AvgIpc) is 2.14. The predicted octanol–water partition coefficient (Wildman–Crippen LogP) is 4.19. The van der Waals surface area contributed by atoms with Gasteiger partial charge in [0.05, 0.1) is 0 Å². The lowest BCUT2D eigenvalue weighted by Crippen LogP contribution is -2.17. The Morgan fingerprint density at radius 1 is 1.08 bits per heavy atom. The average molecular weight is 207 g/mol. The van der Waals surface area contributed by atoms with Gasteiger partial charge < -0.3 is 4.74 Å². The topological polar surface area (TPSA) is 9.23 Å². The van der Waals surface area contributed by atoms with Crippen LogP contribution in [0.5, 0.6) is 0 Å². The third-order valence-electron chi connectivity index (χ3n) is 2.44. The number of unbranched alkanes of at least 4 members (excludes halogenated alkanes) is 2. The first-order valence-corrected chi connectivity index (χ1v) is 5.95. The lowest BCUT2D eigenvalue weighted by molar-refractivity contribution is 0.0625. The Morgan fingerprint density at radius 2 is 1.69 bits per heavy atom. The Labute approximate surface area is 87.8 Å². The van der Waals surface area contributed by atoms with Gasteiger partial charge in [-0.2, -0.15) is 0 Å². The van der Waals surface area contributed by atoms with Crippen molar-refractivity contribution in [1.29, 1.82) is 0 Å². The summed E-state index contributed by atoms with van der Waals surface area (Å²) in [5.41, 5.74) is -0.0770. The molecule has 0 bridgehead atoms. The fraction of sp³-hybridized carbons (Fsp3) is 1.00. The molecule has 0 aromatic carbocycles. The minimum atomic E-state index is -0.0770. The first kappa shape index (κ1) is 13.2. The molecule has 0 aromatic rings. The summed E-state index contributed by atoms with van der Waals surface area (Å²) in [5, 5.41) is 0. The highest BCUT2D eigenvalue weighted by atomic mass is 35.5. The van der Waals surface area contributed by atoms with E-state index < -0.39 is 0 Å². The van der Waals surface area contributed by atoms with Crippen LogP contribution < -0.4 is 0 Å². The summed E-state index contributed by atoms with van der Waals surface area (Å²) >= 11 is 6.10. The molecule has 0 saturated carbocycles. The van der Waals surface area contributed by atoms with Crippen LogP contribution in [0.4, 0.5) is 0 Å². The highest BCUT2D eigenvalue weighted by molar-refractivity contribution is 6.19. The van der Waals surface area contributed by atoms with Gasteiger partial charge in [0, 0.05) is 6.61 Å². The fourth-order valence-electron chi connectivity index (χ4n) is 1.34. The second-order valence-corrected chi connectivity index (χ2v) is 3.94. The quantitative estimate of drug-likeness (QED) is 0.428. The highest BCUT2D eigenvalue weighted by Gasteiger charge is 2.15.